The molecule has 2 aromatic rings. The molecule has 1 aliphatic rings. The second kappa shape index (κ2) is 7.59. The van der Waals surface area contributed by atoms with E-state index in [1.165, 1.54) is 22.6 Å². The number of fused-ring (bicyclic) bond motifs is 1. The van der Waals surface area contributed by atoms with Crippen LogP contribution < -0.4 is 5.32 Å². The molecule has 1 amide bonds. The van der Waals surface area contributed by atoms with Gasteiger partial charge in [0.2, 0.25) is 15.9 Å². The molecule has 0 saturated carbocycles. The van der Waals surface area contributed by atoms with Crippen molar-refractivity contribution >= 4 is 26.8 Å². The van der Waals surface area contributed by atoms with Crippen LogP contribution in [0.15, 0.2) is 29.3 Å². The molecule has 1 aliphatic heterocycles. The van der Waals surface area contributed by atoms with E-state index in [0.717, 1.165) is 0 Å². The van der Waals surface area contributed by atoms with Crippen LogP contribution in [0.3, 0.4) is 0 Å². The lowest BCUT2D eigenvalue weighted by atomic mass is 9.96. The van der Waals surface area contributed by atoms with Crippen LogP contribution >= 0.6 is 0 Å². The number of benzene rings is 1. The van der Waals surface area contributed by atoms with E-state index in [0.29, 0.717) is 24.3 Å². The van der Waals surface area contributed by atoms with Gasteiger partial charge in [-0.05, 0) is 37.8 Å². The predicted molar refractivity (Wildman–Crippen MR) is 102 cm³/mol. The summed E-state index contributed by atoms with van der Waals surface area (Å²) in [5, 5.41) is 3.09. The molecule has 27 heavy (non-hydrogen) atoms. The molecule has 3 rings (SSSR count). The van der Waals surface area contributed by atoms with Crippen LogP contribution in [-0.2, 0) is 14.8 Å². The molecule has 0 aliphatic carbocycles. The Labute approximate surface area is 159 Å². The van der Waals surface area contributed by atoms with Gasteiger partial charge in [-0.3, -0.25) is 4.79 Å². The topological polar surface area (TPSA) is 82.3 Å². The van der Waals surface area contributed by atoms with Crippen LogP contribution in [0.2, 0.25) is 0 Å². The van der Waals surface area contributed by atoms with Crippen molar-refractivity contribution in [3.8, 4) is 0 Å². The van der Waals surface area contributed by atoms with Crippen molar-refractivity contribution in [2.24, 2.45) is 11.8 Å². The van der Waals surface area contributed by atoms with E-state index in [-0.39, 0.29) is 41.2 Å². The number of halogens is 1. The van der Waals surface area contributed by atoms with Gasteiger partial charge in [-0.1, -0.05) is 19.9 Å². The van der Waals surface area contributed by atoms with Gasteiger partial charge in [0, 0.05) is 36.8 Å². The molecule has 1 aromatic heterocycles. The van der Waals surface area contributed by atoms with Gasteiger partial charge in [-0.2, -0.15) is 4.31 Å². The van der Waals surface area contributed by atoms with Crippen LogP contribution in [0.1, 0.15) is 33.6 Å². The molecule has 8 heteroatoms. The number of H-pyrrole nitrogens is 1. The molecule has 1 atom stereocenters. The lowest BCUT2D eigenvalue weighted by Gasteiger charge is -2.31. The minimum absolute atomic E-state index is 0.0219. The smallest absolute Gasteiger partial charge is 0.245 e. The van der Waals surface area contributed by atoms with Crippen molar-refractivity contribution in [1.82, 2.24) is 14.6 Å². The molecular weight excluding hydrogens is 369 g/mol. The van der Waals surface area contributed by atoms with E-state index in [4.69, 9.17) is 0 Å². The number of nitrogens with zero attached hydrogens (tertiary/aromatic N) is 1. The summed E-state index contributed by atoms with van der Waals surface area (Å²) < 4.78 is 41.5. The molecule has 0 bridgehead atoms. The van der Waals surface area contributed by atoms with Crippen molar-refractivity contribution in [2.75, 3.05) is 13.1 Å². The number of piperidine rings is 1. The summed E-state index contributed by atoms with van der Waals surface area (Å²) in [5.74, 6) is -0.445. The van der Waals surface area contributed by atoms with Crippen LogP contribution in [0.5, 0.6) is 0 Å². The third-order valence-electron chi connectivity index (χ3n) is 5.43. The summed E-state index contributed by atoms with van der Waals surface area (Å²) in [7, 11) is -3.82. The molecule has 1 unspecified atom stereocenters. The number of rotatable bonds is 5. The maximum absolute atomic E-state index is 14.2. The molecule has 1 saturated heterocycles. The normalized spacial score (nSPS) is 18.1. The zero-order valence-electron chi connectivity index (χ0n) is 15.8. The second-order valence-electron chi connectivity index (χ2n) is 7.53. The minimum Gasteiger partial charge on any atom is -0.360 e. The van der Waals surface area contributed by atoms with Gasteiger partial charge in [-0.25, -0.2) is 12.8 Å². The van der Waals surface area contributed by atoms with Gasteiger partial charge in [0.15, 0.2) is 0 Å². The Morgan fingerprint density at radius 2 is 1.93 bits per heavy atom. The van der Waals surface area contributed by atoms with Crippen molar-refractivity contribution in [3.05, 3.63) is 30.2 Å². The third-order valence-corrected chi connectivity index (χ3v) is 7.35. The lowest BCUT2D eigenvalue weighted by Crippen LogP contribution is -2.45. The fourth-order valence-corrected chi connectivity index (χ4v) is 4.96. The van der Waals surface area contributed by atoms with E-state index >= 15 is 0 Å². The molecule has 1 fully saturated rings. The Kier molecular flexibility index (Phi) is 5.58. The third kappa shape index (κ3) is 3.87. The SMILES string of the molecule is CC(C)C(C)NC(=O)C1CCN(S(=O)(=O)c2c[nH]c3cccc(F)c23)CC1. The first-order chi connectivity index (χ1) is 12.7. The standard InChI is InChI=1S/C19H26FN3O3S/c1-12(2)13(3)22-19(24)14-7-9-23(10-8-14)27(25,26)17-11-21-16-6-4-5-15(20)18(16)17/h4-6,11-14,21H,7-10H2,1-3H3,(H,22,24). The molecule has 2 N–H and O–H groups in total. The maximum atomic E-state index is 14.2. The number of hydrogen-bond donors (Lipinski definition) is 2. The fraction of sp³-hybridized carbons (Fsp3) is 0.526. The number of nitrogens with one attached hydrogen (secondary N) is 2. The molecular formula is C19H26FN3O3S. The number of sulfonamides is 1. The first-order valence-electron chi connectivity index (χ1n) is 9.28. The fourth-order valence-electron chi connectivity index (χ4n) is 3.32. The Balaban J connectivity index is 1.72. The van der Waals surface area contributed by atoms with Gasteiger partial charge in [0.1, 0.15) is 10.7 Å². The second-order valence-corrected chi connectivity index (χ2v) is 9.44. The van der Waals surface area contributed by atoms with Gasteiger partial charge in [-0.15, -0.1) is 0 Å². The van der Waals surface area contributed by atoms with Crippen LogP contribution in [0.4, 0.5) is 4.39 Å². The summed E-state index contributed by atoms with van der Waals surface area (Å²) in [4.78, 5) is 15.2. The predicted octanol–water partition coefficient (Wildman–Crippen LogP) is 2.87. The number of carbonyl (C=O) groups excluding carboxylic acids is 1. The average molecular weight is 396 g/mol. The number of amides is 1. The number of aromatic amines is 1. The first-order valence-corrected chi connectivity index (χ1v) is 10.7. The van der Waals surface area contributed by atoms with E-state index in [9.17, 15) is 17.6 Å². The van der Waals surface area contributed by atoms with E-state index < -0.39 is 15.8 Å². The number of carbonyl (C=O) groups is 1. The van der Waals surface area contributed by atoms with Gasteiger partial charge in [0.05, 0.1) is 5.39 Å². The summed E-state index contributed by atoms with van der Waals surface area (Å²) in [6.07, 6.45) is 2.26. The number of hydrogen-bond acceptors (Lipinski definition) is 3. The minimum atomic E-state index is -3.82. The highest BCUT2D eigenvalue weighted by atomic mass is 32.2. The maximum Gasteiger partial charge on any atom is 0.245 e. The Hall–Kier alpha value is -1.93. The largest absolute Gasteiger partial charge is 0.360 e. The Bertz CT molecular complexity index is 931. The molecule has 0 radical (unpaired) electrons. The lowest BCUT2D eigenvalue weighted by molar-refractivity contribution is -0.127. The summed E-state index contributed by atoms with van der Waals surface area (Å²) in [6, 6.07) is 4.51. The number of aromatic nitrogens is 1. The van der Waals surface area contributed by atoms with Crippen LogP contribution in [0.25, 0.3) is 10.9 Å². The van der Waals surface area contributed by atoms with Crippen LogP contribution in [-0.4, -0.2) is 42.7 Å². The molecule has 1 aromatic carbocycles. The zero-order valence-corrected chi connectivity index (χ0v) is 16.6. The first kappa shape index (κ1) is 19.8. The van der Waals surface area contributed by atoms with Gasteiger partial charge in [0.25, 0.3) is 0 Å². The summed E-state index contributed by atoms with van der Waals surface area (Å²) in [6.45, 7) is 6.55. The molecule has 0 spiro atoms. The van der Waals surface area contributed by atoms with Crippen molar-refractivity contribution in [3.63, 3.8) is 0 Å². The highest BCUT2D eigenvalue weighted by Crippen LogP contribution is 2.30. The highest BCUT2D eigenvalue weighted by Gasteiger charge is 2.34. The van der Waals surface area contributed by atoms with Gasteiger partial charge >= 0.3 is 0 Å². The molecule has 6 nitrogen and oxygen atoms in total. The highest BCUT2D eigenvalue weighted by molar-refractivity contribution is 7.89. The quantitative estimate of drug-likeness (QED) is 0.817. The summed E-state index contributed by atoms with van der Waals surface area (Å²) in [5.41, 5.74) is 0.450. The molecule has 2 heterocycles. The van der Waals surface area contributed by atoms with Gasteiger partial charge < -0.3 is 10.3 Å². The Morgan fingerprint density at radius 1 is 1.26 bits per heavy atom. The average Bonchev–Trinajstić information content (AvgIpc) is 3.08. The van der Waals surface area contributed by atoms with Crippen molar-refractivity contribution < 1.29 is 17.6 Å². The monoisotopic (exact) mass is 395 g/mol. The zero-order chi connectivity index (χ0) is 19.8. The molecule has 148 valence electrons. The summed E-state index contributed by atoms with van der Waals surface area (Å²) >= 11 is 0. The van der Waals surface area contributed by atoms with E-state index in [1.807, 2.05) is 20.8 Å². The van der Waals surface area contributed by atoms with E-state index in [1.54, 1.807) is 6.07 Å². The van der Waals surface area contributed by atoms with Crippen LogP contribution in [0, 0.1) is 17.7 Å². The van der Waals surface area contributed by atoms with Crippen molar-refractivity contribution in [2.45, 2.75) is 44.6 Å². The van der Waals surface area contributed by atoms with E-state index in [2.05, 4.69) is 10.3 Å². The Morgan fingerprint density at radius 3 is 2.56 bits per heavy atom. The van der Waals surface area contributed by atoms with Crippen molar-refractivity contribution in [1.29, 1.82) is 0 Å².